The number of hydrogen-bond donors (Lipinski definition) is 2. The van der Waals surface area contributed by atoms with Crippen LogP contribution < -0.4 is 19.9 Å². The number of nitrogens with two attached hydrogens (primary N) is 1. The van der Waals surface area contributed by atoms with Crippen LogP contribution in [-0.2, 0) is 11.2 Å². The lowest BCUT2D eigenvalue weighted by atomic mass is 9.93. The predicted molar refractivity (Wildman–Crippen MR) is 107 cm³/mol. The highest BCUT2D eigenvalue weighted by molar-refractivity contribution is 5.83. The second-order valence-corrected chi connectivity index (χ2v) is 7.10. The molecule has 6 heteroatoms. The maximum atomic E-state index is 12.0. The number of methoxy groups -OCH3 is 1. The Morgan fingerprint density at radius 3 is 2.96 bits per heavy atom. The van der Waals surface area contributed by atoms with E-state index in [4.69, 9.17) is 19.9 Å². The van der Waals surface area contributed by atoms with E-state index in [2.05, 4.69) is 11.1 Å². The molecule has 146 valence electrons. The molecule has 1 unspecified atom stereocenters. The minimum Gasteiger partial charge on any atom is -0.497 e. The number of aromatic amines is 1. The number of rotatable bonds is 7. The van der Waals surface area contributed by atoms with Crippen LogP contribution in [0.5, 0.6) is 17.2 Å². The van der Waals surface area contributed by atoms with Crippen LogP contribution in [0, 0.1) is 5.92 Å². The molecule has 4 rings (SSSR count). The number of amides is 1. The van der Waals surface area contributed by atoms with Crippen LogP contribution in [0.15, 0.2) is 48.7 Å². The van der Waals surface area contributed by atoms with Crippen LogP contribution >= 0.6 is 0 Å². The molecule has 2 atom stereocenters. The monoisotopic (exact) mass is 380 g/mol. The minimum absolute atomic E-state index is 0.222. The Bertz CT molecular complexity index is 982. The number of fused-ring (bicyclic) bond motifs is 2. The predicted octanol–water partition coefficient (Wildman–Crippen LogP) is 3.44. The molecule has 28 heavy (non-hydrogen) atoms. The number of para-hydroxylation sites is 1. The average Bonchev–Trinajstić information content (AvgIpc) is 3.13. The first-order chi connectivity index (χ1) is 13.6. The number of aryl methyl sites for hydroxylation is 1. The molecule has 0 bridgehead atoms. The van der Waals surface area contributed by atoms with Gasteiger partial charge in [-0.05, 0) is 43.0 Å². The molecule has 0 fully saturated rings. The fourth-order valence-electron chi connectivity index (χ4n) is 3.70. The minimum atomic E-state index is -0.306. The highest BCUT2D eigenvalue weighted by Crippen LogP contribution is 2.36. The van der Waals surface area contributed by atoms with Gasteiger partial charge in [-0.25, -0.2) is 0 Å². The van der Waals surface area contributed by atoms with Crippen molar-refractivity contribution in [3.63, 3.8) is 0 Å². The molecule has 1 aliphatic rings. The van der Waals surface area contributed by atoms with Crippen molar-refractivity contribution in [1.82, 2.24) is 4.98 Å². The standard InChI is InChI=1S/C22H24N2O4/c1-26-16-8-9-20-21(11-16)28-17(13-27-20)10-14(22(23)25)6-7-15-12-24-19-5-3-2-4-18(15)19/h2-5,8-9,11-12,14,17,24H,6-7,10,13H2,1H3,(H2,23,25)/t14-,17?/m0/s1. The lowest BCUT2D eigenvalue weighted by molar-refractivity contribution is -0.123. The third-order valence-corrected chi connectivity index (χ3v) is 5.26. The number of H-pyrrole nitrogens is 1. The van der Waals surface area contributed by atoms with Gasteiger partial charge < -0.3 is 24.9 Å². The van der Waals surface area contributed by atoms with E-state index in [1.54, 1.807) is 13.2 Å². The van der Waals surface area contributed by atoms with Gasteiger partial charge in [-0.1, -0.05) is 18.2 Å². The zero-order chi connectivity index (χ0) is 19.5. The normalized spacial score (nSPS) is 16.7. The summed E-state index contributed by atoms with van der Waals surface area (Å²) in [4.78, 5) is 15.3. The molecule has 2 aromatic carbocycles. The van der Waals surface area contributed by atoms with Crippen molar-refractivity contribution in [2.75, 3.05) is 13.7 Å². The summed E-state index contributed by atoms with van der Waals surface area (Å²) in [6.45, 7) is 0.399. The molecule has 0 saturated carbocycles. The Hall–Kier alpha value is -3.15. The molecule has 2 heterocycles. The number of hydrogen-bond acceptors (Lipinski definition) is 4. The first kappa shape index (κ1) is 18.2. The average molecular weight is 380 g/mol. The van der Waals surface area contributed by atoms with Crippen molar-refractivity contribution in [3.05, 3.63) is 54.2 Å². The van der Waals surface area contributed by atoms with E-state index < -0.39 is 0 Å². The van der Waals surface area contributed by atoms with Crippen molar-refractivity contribution < 1.29 is 19.0 Å². The van der Waals surface area contributed by atoms with Gasteiger partial charge in [-0.2, -0.15) is 0 Å². The van der Waals surface area contributed by atoms with Crippen LogP contribution in [0.25, 0.3) is 10.9 Å². The molecular weight excluding hydrogens is 356 g/mol. The maximum Gasteiger partial charge on any atom is 0.220 e. The second-order valence-electron chi connectivity index (χ2n) is 7.10. The summed E-state index contributed by atoms with van der Waals surface area (Å²) < 4.78 is 17.1. The van der Waals surface area contributed by atoms with Crippen molar-refractivity contribution in [2.24, 2.45) is 11.7 Å². The molecule has 6 nitrogen and oxygen atoms in total. The Morgan fingerprint density at radius 2 is 2.14 bits per heavy atom. The van der Waals surface area contributed by atoms with Gasteiger partial charge >= 0.3 is 0 Å². The van der Waals surface area contributed by atoms with Crippen LogP contribution in [-0.4, -0.2) is 30.7 Å². The Balaban J connectivity index is 1.42. The Morgan fingerprint density at radius 1 is 1.29 bits per heavy atom. The number of benzene rings is 2. The van der Waals surface area contributed by atoms with E-state index >= 15 is 0 Å². The SMILES string of the molecule is COc1ccc2c(c1)OC(C[C@H](CCc1c[nH]c3ccccc13)C(N)=O)CO2. The van der Waals surface area contributed by atoms with Crippen LogP contribution in [0.2, 0.25) is 0 Å². The van der Waals surface area contributed by atoms with E-state index in [9.17, 15) is 4.79 Å². The van der Waals surface area contributed by atoms with Crippen molar-refractivity contribution in [3.8, 4) is 17.2 Å². The zero-order valence-corrected chi connectivity index (χ0v) is 15.8. The molecule has 1 aromatic heterocycles. The van der Waals surface area contributed by atoms with Gasteiger partial charge in [0.25, 0.3) is 0 Å². The lowest BCUT2D eigenvalue weighted by Gasteiger charge is -2.28. The van der Waals surface area contributed by atoms with Crippen molar-refractivity contribution in [1.29, 1.82) is 0 Å². The summed E-state index contributed by atoms with van der Waals surface area (Å²) in [5.74, 6) is 1.44. The third kappa shape index (κ3) is 3.76. The number of aromatic nitrogens is 1. The van der Waals surface area contributed by atoms with Gasteiger partial charge in [0.1, 0.15) is 18.5 Å². The summed E-state index contributed by atoms with van der Waals surface area (Å²) in [7, 11) is 1.61. The molecule has 3 aromatic rings. The smallest absolute Gasteiger partial charge is 0.220 e. The molecular formula is C22H24N2O4. The van der Waals surface area contributed by atoms with Crippen molar-refractivity contribution in [2.45, 2.75) is 25.4 Å². The largest absolute Gasteiger partial charge is 0.497 e. The summed E-state index contributed by atoms with van der Waals surface area (Å²) in [6, 6.07) is 13.6. The fourth-order valence-corrected chi connectivity index (χ4v) is 3.70. The first-order valence-corrected chi connectivity index (χ1v) is 9.46. The first-order valence-electron chi connectivity index (χ1n) is 9.46. The highest BCUT2D eigenvalue weighted by Gasteiger charge is 2.27. The molecule has 0 aliphatic carbocycles. The Labute approximate surface area is 163 Å². The van der Waals surface area contributed by atoms with E-state index in [0.29, 0.717) is 36.7 Å². The zero-order valence-electron chi connectivity index (χ0n) is 15.8. The van der Waals surface area contributed by atoms with Gasteiger partial charge in [0, 0.05) is 29.1 Å². The fraction of sp³-hybridized carbons (Fsp3) is 0.318. The molecule has 0 spiro atoms. The lowest BCUT2D eigenvalue weighted by Crippen LogP contribution is -2.35. The second kappa shape index (κ2) is 7.84. The van der Waals surface area contributed by atoms with Gasteiger partial charge in [0.2, 0.25) is 5.91 Å². The number of carbonyl (C=O) groups excluding carboxylic acids is 1. The topological polar surface area (TPSA) is 86.6 Å². The maximum absolute atomic E-state index is 12.0. The molecule has 0 radical (unpaired) electrons. The number of nitrogens with one attached hydrogen (secondary N) is 1. The Kier molecular flexibility index (Phi) is 5.10. The van der Waals surface area contributed by atoms with Gasteiger partial charge in [0.15, 0.2) is 11.5 Å². The molecule has 1 aliphatic heterocycles. The van der Waals surface area contributed by atoms with Crippen molar-refractivity contribution >= 4 is 16.8 Å². The summed E-state index contributed by atoms with van der Waals surface area (Å²) in [5, 5.41) is 1.18. The van der Waals surface area contributed by atoms with E-state index in [0.717, 1.165) is 11.9 Å². The van der Waals surface area contributed by atoms with E-state index in [-0.39, 0.29) is 17.9 Å². The molecule has 1 amide bonds. The molecule has 3 N–H and O–H groups in total. The van der Waals surface area contributed by atoms with Gasteiger partial charge in [-0.15, -0.1) is 0 Å². The number of primary amides is 1. The number of carbonyl (C=O) groups is 1. The highest BCUT2D eigenvalue weighted by atomic mass is 16.6. The van der Waals surface area contributed by atoms with Crippen LogP contribution in [0.1, 0.15) is 18.4 Å². The van der Waals surface area contributed by atoms with Gasteiger partial charge in [0.05, 0.1) is 7.11 Å². The quantitative estimate of drug-likeness (QED) is 0.657. The summed E-state index contributed by atoms with van der Waals surface area (Å²) in [5.41, 5.74) is 7.98. The van der Waals surface area contributed by atoms with E-state index in [1.165, 1.54) is 10.9 Å². The summed E-state index contributed by atoms with van der Waals surface area (Å²) >= 11 is 0. The third-order valence-electron chi connectivity index (χ3n) is 5.26. The van der Waals surface area contributed by atoms with Gasteiger partial charge in [-0.3, -0.25) is 4.79 Å². The van der Waals surface area contributed by atoms with E-state index in [1.807, 2.05) is 36.5 Å². The molecule has 0 saturated heterocycles. The number of ether oxygens (including phenoxy) is 3. The van der Waals surface area contributed by atoms with Crippen LogP contribution in [0.4, 0.5) is 0 Å². The summed E-state index contributed by atoms with van der Waals surface area (Å²) in [6.07, 6.45) is 3.75. The van der Waals surface area contributed by atoms with Crippen LogP contribution in [0.3, 0.4) is 0 Å².